The van der Waals surface area contributed by atoms with Gasteiger partial charge in [0.2, 0.25) is 5.89 Å². The summed E-state index contributed by atoms with van der Waals surface area (Å²) >= 11 is 4.42. The minimum Gasteiger partial charge on any atom is -0.478 e. The maximum Gasteiger partial charge on any atom is 0.335 e. The quantitative estimate of drug-likeness (QED) is 0.720. The average molecular weight is 302 g/mol. The summed E-state index contributed by atoms with van der Waals surface area (Å²) in [7, 11) is 0. The lowest BCUT2D eigenvalue weighted by molar-refractivity contribution is 0.0696. The number of thiol groups is 1. The van der Waals surface area contributed by atoms with Gasteiger partial charge in [0, 0.05) is 0 Å². The van der Waals surface area contributed by atoms with E-state index in [4.69, 9.17) is 13.9 Å². The Morgan fingerprint density at radius 1 is 1.24 bits per heavy atom. The van der Waals surface area contributed by atoms with Crippen molar-refractivity contribution in [3.8, 4) is 11.7 Å². The van der Waals surface area contributed by atoms with Crippen molar-refractivity contribution in [2.45, 2.75) is 5.25 Å². The molecule has 3 rings (SSSR count). The Kier molecular flexibility index (Phi) is 3.49. The average Bonchev–Trinajstić information content (AvgIpc) is 3.17. The van der Waals surface area contributed by atoms with Crippen LogP contribution in [0.25, 0.3) is 11.7 Å². The van der Waals surface area contributed by atoms with E-state index in [1.54, 1.807) is 24.3 Å². The number of hydrogen-bond donors (Lipinski definition) is 2. The molecule has 7 heteroatoms. The molecule has 0 spiro atoms. The number of carboxylic acids is 1. The molecule has 1 N–H and O–H groups in total. The highest BCUT2D eigenvalue weighted by molar-refractivity contribution is 7.80. The van der Waals surface area contributed by atoms with E-state index in [1.807, 2.05) is 0 Å². The fourth-order valence-corrected chi connectivity index (χ4v) is 2.09. The summed E-state index contributed by atoms with van der Waals surface area (Å²) in [6.07, 6.45) is 1.51. The van der Waals surface area contributed by atoms with E-state index >= 15 is 0 Å². The van der Waals surface area contributed by atoms with Gasteiger partial charge in [-0.15, -0.1) is 10.2 Å². The number of carboxylic acid groups (broad SMARTS) is 1. The van der Waals surface area contributed by atoms with Crippen LogP contribution in [0.5, 0.6) is 0 Å². The Morgan fingerprint density at radius 3 is 2.81 bits per heavy atom. The van der Waals surface area contributed by atoms with Crippen LogP contribution < -0.4 is 0 Å². The van der Waals surface area contributed by atoms with E-state index < -0.39 is 11.2 Å². The maximum absolute atomic E-state index is 11.0. The topological polar surface area (TPSA) is 89.4 Å². The second kappa shape index (κ2) is 5.45. The molecular formula is C14H10N2O4S. The minimum absolute atomic E-state index is 0.178. The molecule has 21 heavy (non-hydrogen) atoms. The zero-order valence-corrected chi connectivity index (χ0v) is 11.5. The van der Waals surface area contributed by atoms with Crippen molar-refractivity contribution in [2.75, 3.05) is 0 Å². The molecule has 0 bridgehead atoms. The molecule has 2 heterocycles. The molecule has 0 aliphatic heterocycles. The molecule has 0 fully saturated rings. The van der Waals surface area contributed by atoms with Crippen LogP contribution in [0.3, 0.4) is 0 Å². The highest BCUT2D eigenvalue weighted by Crippen LogP contribution is 2.30. The van der Waals surface area contributed by atoms with Crippen molar-refractivity contribution in [3.05, 3.63) is 59.7 Å². The molecule has 1 atom stereocenters. The van der Waals surface area contributed by atoms with E-state index in [1.165, 1.54) is 18.4 Å². The molecule has 3 aromatic rings. The van der Waals surface area contributed by atoms with Crippen LogP contribution in [0.4, 0.5) is 0 Å². The number of aromatic nitrogens is 2. The van der Waals surface area contributed by atoms with E-state index in [0.717, 1.165) is 0 Å². The number of furan rings is 1. The smallest absolute Gasteiger partial charge is 0.335 e. The van der Waals surface area contributed by atoms with Gasteiger partial charge < -0.3 is 13.9 Å². The number of hydrogen-bond acceptors (Lipinski definition) is 6. The zero-order chi connectivity index (χ0) is 14.8. The lowest BCUT2D eigenvalue weighted by Crippen LogP contribution is -1.99. The SMILES string of the molecule is O=C(O)c1cccc(C(S)c2nnc(-c3ccco3)o2)c1. The van der Waals surface area contributed by atoms with Gasteiger partial charge in [-0.05, 0) is 29.8 Å². The molecule has 0 saturated heterocycles. The molecule has 0 amide bonds. The third-order valence-corrected chi connectivity index (χ3v) is 3.37. The Bertz CT molecular complexity index is 767. The number of rotatable bonds is 4. The first-order valence-corrected chi connectivity index (χ1v) is 6.55. The molecule has 0 radical (unpaired) electrons. The van der Waals surface area contributed by atoms with Gasteiger partial charge in [-0.1, -0.05) is 12.1 Å². The molecule has 0 saturated carbocycles. The van der Waals surface area contributed by atoms with E-state index in [2.05, 4.69) is 22.8 Å². The molecule has 1 unspecified atom stereocenters. The van der Waals surface area contributed by atoms with Crippen molar-refractivity contribution in [1.29, 1.82) is 0 Å². The molecule has 2 aromatic heterocycles. The van der Waals surface area contributed by atoms with Crippen molar-refractivity contribution >= 4 is 18.6 Å². The van der Waals surface area contributed by atoms with E-state index in [9.17, 15) is 4.79 Å². The minimum atomic E-state index is -1.00. The number of aromatic carboxylic acids is 1. The van der Waals surface area contributed by atoms with Gasteiger partial charge in [0.25, 0.3) is 5.89 Å². The number of nitrogens with zero attached hydrogens (tertiary/aromatic N) is 2. The van der Waals surface area contributed by atoms with Crippen LogP contribution in [-0.2, 0) is 0 Å². The molecule has 0 aliphatic carbocycles. The third kappa shape index (κ3) is 2.68. The molecular weight excluding hydrogens is 292 g/mol. The highest BCUT2D eigenvalue weighted by atomic mass is 32.1. The Balaban J connectivity index is 1.90. The first-order valence-electron chi connectivity index (χ1n) is 6.04. The fraction of sp³-hybridized carbons (Fsp3) is 0.0714. The summed E-state index contributed by atoms with van der Waals surface area (Å²) in [5.41, 5.74) is 0.838. The van der Waals surface area contributed by atoms with Gasteiger partial charge in [0.1, 0.15) is 5.25 Å². The van der Waals surface area contributed by atoms with Crippen LogP contribution in [-0.4, -0.2) is 21.3 Å². The van der Waals surface area contributed by atoms with Gasteiger partial charge in [-0.3, -0.25) is 0 Å². The lowest BCUT2D eigenvalue weighted by atomic mass is 10.1. The summed E-state index contributed by atoms with van der Waals surface area (Å²) in [5, 5.41) is 16.3. The van der Waals surface area contributed by atoms with Crippen LogP contribution in [0.2, 0.25) is 0 Å². The first kappa shape index (κ1) is 13.4. The fourth-order valence-electron chi connectivity index (χ4n) is 1.83. The van der Waals surface area contributed by atoms with Crippen LogP contribution >= 0.6 is 12.6 Å². The monoisotopic (exact) mass is 302 g/mol. The normalized spacial score (nSPS) is 12.2. The summed E-state index contributed by atoms with van der Waals surface area (Å²) in [4.78, 5) is 11.0. The first-order chi connectivity index (χ1) is 10.1. The summed E-state index contributed by atoms with van der Waals surface area (Å²) in [6.45, 7) is 0. The van der Waals surface area contributed by atoms with E-state index in [-0.39, 0.29) is 17.3 Å². The number of benzene rings is 1. The predicted molar refractivity (Wildman–Crippen MR) is 76.2 cm³/mol. The molecule has 0 aliphatic rings. The standard InChI is InChI=1S/C14H10N2O4S/c17-14(18)9-4-1-3-8(7-9)11(21)13-16-15-12(20-13)10-5-2-6-19-10/h1-7,11,21H,(H,17,18). The third-order valence-electron chi connectivity index (χ3n) is 2.86. The highest BCUT2D eigenvalue weighted by Gasteiger charge is 2.19. The van der Waals surface area contributed by atoms with Gasteiger partial charge in [-0.2, -0.15) is 12.6 Å². The van der Waals surface area contributed by atoms with Gasteiger partial charge in [0.05, 0.1) is 11.8 Å². The Labute approximate surface area is 124 Å². The van der Waals surface area contributed by atoms with Crippen LogP contribution in [0.1, 0.15) is 27.1 Å². The van der Waals surface area contributed by atoms with Gasteiger partial charge in [0.15, 0.2) is 5.76 Å². The second-order valence-electron chi connectivity index (χ2n) is 4.26. The van der Waals surface area contributed by atoms with Gasteiger partial charge >= 0.3 is 5.97 Å². The lowest BCUT2D eigenvalue weighted by Gasteiger charge is -2.07. The summed E-state index contributed by atoms with van der Waals surface area (Å²) in [6, 6.07) is 9.85. The largest absolute Gasteiger partial charge is 0.478 e. The molecule has 106 valence electrons. The molecule has 1 aromatic carbocycles. The van der Waals surface area contributed by atoms with Crippen LogP contribution in [0, 0.1) is 0 Å². The van der Waals surface area contributed by atoms with E-state index in [0.29, 0.717) is 11.3 Å². The Morgan fingerprint density at radius 2 is 2.10 bits per heavy atom. The van der Waals surface area contributed by atoms with Crippen LogP contribution in [0.15, 0.2) is 51.5 Å². The summed E-state index contributed by atoms with van der Waals surface area (Å²) < 4.78 is 10.7. The number of carbonyl (C=O) groups is 1. The summed E-state index contributed by atoms with van der Waals surface area (Å²) in [5.74, 6) is -0.0107. The Hall–Kier alpha value is -2.54. The van der Waals surface area contributed by atoms with Crippen molar-refractivity contribution < 1.29 is 18.7 Å². The van der Waals surface area contributed by atoms with Gasteiger partial charge in [-0.25, -0.2) is 4.79 Å². The van der Waals surface area contributed by atoms with Crippen molar-refractivity contribution in [1.82, 2.24) is 10.2 Å². The second-order valence-corrected chi connectivity index (χ2v) is 4.77. The molecule has 6 nitrogen and oxygen atoms in total. The predicted octanol–water partition coefficient (Wildman–Crippen LogP) is 3.05. The van der Waals surface area contributed by atoms with Crippen molar-refractivity contribution in [3.63, 3.8) is 0 Å². The maximum atomic E-state index is 11.0. The van der Waals surface area contributed by atoms with Crippen molar-refractivity contribution in [2.24, 2.45) is 0 Å². The zero-order valence-electron chi connectivity index (χ0n) is 10.6.